The summed E-state index contributed by atoms with van der Waals surface area (Å²) in [5.41, 5.74) is 14.6. The predicted molar refractivity (Wildman–Crippen MR) is 75.8 cm³/mol. The molecule has 5 N–H and O–H groups in total. The molecule has 2 atom stereocenters. The van der Waals surface area contributed by atoms with Crippen LogP contribution in [-0.4, -0.2) is 15.7 Å². The highest BCUT2D eigenvalue weighted by atomic mass is 16.1. The van der Waals surface area contributed by atoms with Gasteiger partial charge >= 0.3 is 0 Å². The highest BCUT2D eigenvalue weighted by Crippen LogP contribution is 2.38. The quantitative estimate of drug-likeness (QED) is 0.770. The Hall–Kier alpha value is -2.34. The third-order valence-corrected chi connectivity index (χ3v) is 3.55. The molecule has 0 spiro atoms. The lowest BCUT2D eigenvalue weighted by Gasteiger charge is -2.13. The minimum Gasteiger partial charge on any atom is -0.376 e. The van der Waals surface area contributed by atoms with Gasteiger partial charge < -0.3 is 16.8 Å². The van der Waals surface area contributed by atoms with Gasteiger partial charge in [-0.1, -0.05) is 24.3 Å². The summed E-state index contributed by atoms with van der Waals surface area (Å²) >= 11 is 0. The van der Waals surface area contributed by atoms with Gasteiger partial charge in [-0.2, -0.15) is 5.10 Å². The first-order valence-electron chi connectivity index (χ1n) is 6.55. The zero-order valence-corrected chi connectivity index (χ0v) is 11.0. The molecule has 2 unspecified atom stereocenters. The number of amides is 1. The van der Waals surface area contributed by atoms with Crippen LogP contribution in [0, 0.1) is 0 Å². The summed E-state index contributed by atoms with van der Waals surface area (Å²) in [6, 6.07) is 8.41. The Bertz CT molecular complexity index is 636. The molecule has 0 saturated carbocycles. The van der Waals surface area contributed by atoms with Crippen LogP contribution in [0.15, 0.2) is 36.7 Å². The molecule has 20 heavy (non-hydrogen) atoms. The molecule has 6 heteroatoms. The Morgan fingerprint density at radius 3 is 2.90 bits per heavy atom. The van der Waals surface area contributed by atoms with Gasteiger partial charge in [0.2, 0.25) is 5.91 Å². The number of hydrogen-bond donors (Lipinski definition) is 3. The lowest BCUT2D eigenvalue weighted by Crippen LogP contribution is -2.18. The fourth-order valence-corrected chi connectivity index (χ4v) is 2.70. The van der Waals surface area contributed by atoms with Crippen molar-refractivity contribution in [3.63, 3.8) is 0 Å². The van der Waals surface area contributed by atoms with Crippen molar-refractivity contribution in [1.82, 2.24) is 9.78 Å². The lowest BCUT2D eigenvalue weighted by molar-refractivity contribution is -0.118. The molecule has 2 aromatic rings. The van der Waals surface area contributed by atoms with Crippen molar-refractivity contribution in [2.75, 3.05) is 5.32 Å². The first kappa shape index (κ1) is 12.7. The molecule has 1 amide bonds. The van der Waals surface area contributed by atoms with Crippen LogP contribution in [0.25, 0.3) is 0 Å². The maximum atomic E-state index is 10.9. The number of aromatic nitrogens is 2. The maximum Gasteiger partial charge on any atom is 0.239 e. The second-order valence-corrected chi connectivity index (χ2v) is 5.06. The standard InChI is InChI=1S/C14H17N5O/c15-12-5-13(11-4-2-1-3-10(11)12)18-9-6-17-19(7-9)8-14(16)20/h1-4,6-7,12-13,18H,5,8,15H2,(H2,16,20). The number of nitrogens with two attached hydrogens (primary N) is 2. The van der Waals surface area contributed by atoms with E-state index in [2.05, 4.69) is 22.5 Å². The molecule has 0 fully saturated rings. The Labute approximate surface area is 116 Å². The zero-order chi connectivity index (χ0) is 14.1. The predicted octanol–water partition coefficient (Wildman–Crippen LogP) is 0.925. The van der Waals surface area contributed by atoms with E-state index in [1.54, 1.807) is 12.4 Å². The van der Waals surface area contributed by atoms with Gasteiger partial charge in [0, 0.05) is 12.2 Å². The molecule has 1 aliphatic rings. The number of benzene rings is 1. The van der Waals surface area contributed by atoms with E-state index in [1.165, 1.54) is 15.8 Å². The summed E-state index contributed by atoms with van der Waals surface area (Å²) in [4.78, 5) is 10.9. The van der Waals surface area contributed by atoms with Crippen LogP contribution in [0.3, 0.4) is 0 Å². The molecule has 104 valence electrons. The molecular weight excluding hydrogens is 254 g/mol. The third kappa shape index (κ3) is 2.37. The first-order chi connectivity index (χ1) is 9.63. The summed E-state index contributed by atoms with van der Waals surface area (Å²) in [5.74, 6) is -0.409. The number of carbonyl (C=O) groups is 1. The Kier molecular flexibility index (Phi) is 3.15. The number of carbonyl (C=O) groups excluding carboxylic acids is 1. The lowest BCUT2D eigenvalue weighted by atomic mass is 10.1. The second-order valence-electron chi connectivity index (χ2n) is 5.06. The van der Waals surface area contributed by atoms with Gasteiger partial charge in [-0.3, -0.25) is 9.48 Å². The smallest absolute Gasteiger partial charge is 0.239 e. The SMILES string of the molecule is NC(=O)Cn1cc(NC2CC(N)c3ccccc32)cn1. The van der Waals surface area contributed by atoms with Crippen LogP contribution in [-0.2, 0) is 11.3 Å². The number of rotatable bonds is 4. The molecule has 0 aliphatic heterocycles. The van der Waals surface area contributed by atoms with Gasteiger partial charge in [0.05, 0.1) is 17.9 Å². The summed E-state index contributed by atoms with van der Waals surface area (Å²) < 4.78 is 1.52. The summed E-state index contributed by atoms with van der Waals surface area (Å²) in [7, 11) is 0. The number of nitrogens with zero attached hydrogens (tertiary/aromatic N) is 2. The van der Waals surface area contributed by atoms with E-state index in [-0.39, 0.29) is 18.6 Å². The van der Waals surface area contributed by atoms with Crippen LogP contribution in [0.1, 0.15) is 29.6 Å². The molecule has 1 heterocycles. The van der Waals surface area contributed by atoms with Crippen LogP contribution < -0.4 is 16.8 Å². The van der Waals surface area contributed by atoms with Gasteiger partial charge in [0.25, 0.3) is 0 Å². The highest BCUT2D eigenvalue weighted by molar-refractivity contribution is 5.73. The van der Waals surface area contributed by atoms with Gasteiger partial charge in [-0.05, 0) is 17.5 Å². The second kappa shape index (κ2) is 4.97. The molecule has 1 aromatic carbocycles. The van der Waals surface area contributed by atoms with Crippen LogP contribution in [0.5, 0.6) is 0 Å². The fraction of sp³-hybridized carbons (Fsp3) is 0.286. The molecule has 0 radical (unpaired) electrons. The normalized spacial score (nSPS) is 20.6. The average molecular weight is 271 g/mol. The number of primary amides is 1. The third-order valence-electron chi connectivity index (χ3n) is 3.55. The van der Waals surface area contributed by atoms with E-state index >= 15 is 0 Å². The Morgan fingerprint density at radius 2 is 2.15 bits per heavy atom. The number of anilines is 1. The number of hydrogen-bond acceptors (Lipinski definition) is 4. The summed E-state index contributed by atoms with van der Waals surface area (Å²) in [5, 5.41) is 7.50. The largest absolute Gasteiger partial charge is 0.376 e. The molecular formula is C14H17N5O. The van der Waals surface area contributed by atoms with Crippen molar-refractivity contribution in [1.29, 1.82) is 0 Å². The maximum absolute atomic E-state index is 10.9. The van der Waals surface area contributed by atoms with E-state index in [9.17, 15) is 4.79 Å². The average Bonchev–Trinajstić information content (AvgIpc) is 2.96. The molecule has 1 aliphatic carbocycles. The Balaban J connectivity index is 1.76. The van der Waals surface area contributed by atoms with Crippen molar-refractivity contribution in [2.45, 2.75) is 25.0 Å². The van der Waals surface area contributed by atoms with E-state index in [1.807, 2.05) is 12.1 Å². The highest BCUT2D eigenvalue weighted by Gasteiger charge is 2.28. The van der Waals surface area contributed by atoms with Gasteiger partial charge in [-0.25, -0.2) is 0 Å². The number of nitrogens with one attached hydrogen (secondary N) is 1. The fourth-order valence-electron chi connectivity index (χ4n) is 2.70. The van der Waals surface area contributed by atoms with Crippen molar-refractivity contribution in [2.24, 2.45) is 11.5 Å². The van der Waals surface area contributed by atoms with Crippen LogP contribution in [0.2, 0.25) is 0 Å². The molecule has 0 bridgehead atoms. The van der Waals surface area contributed by atoms with Crippen LogP contribution >= 0.6 is 0 Å². The Morgan fingerprint density at radius 1 is 1.40 bits per heavy atom. The number of fused-ring (bicyclic) bond motifs is 1. The van der Waals surface area contributed by atoms with Crippen molar-refractivity contribution in [3.8, 4) is 0 Å². The topological polar surface area (TPSA) is 99.0 Å². The van der Waals surface area contributed by atoms with E-state index in [0.29, 0.717) is 0 Å². The van der Waals surface area contributed by atoms with Crippen molar-refractivity contribution >= 4 is 11.6 Å². The van der Waals surface area contributed by atoms with E-state index in [0.717, 1.165) is 12.1 Å². The minimum atomic E-state index is -0.409. The molecule has 3 rings (SSSR count). The monoisotopic (exact) mass is 271 g/mol. The van der Waals surface area contributed by atoms with Crippen molar-refractivity contribution in [3.05, 3.63) is 47.8 Å². The van der Waals surface area contributed by atoms with Gasteiger partial charge in [-0.15, -0.1) is 0 Å². The molecule has 1 aromatic heterocycles. The van der Waals surface area contributed by atoms with Crippen LogP contribution in [0.4, 0.5) is 5.69 Å². The van der Waals surface area contributed by atoms with E-state index in [4.69, 9.17) is 11.5 Å². The van der Waals surface area contributed by atoms with Gasteiger partial charge in [0.15, 0.2) is 0 Å². The summed E-state index contributed by atoms with van der Waals surface area (Å²) in [6.07, 6.45) is 4.31. The molecule has 0 saturated heterocycles. The molecule has 6 nitrogen and oxygen atoms in total. The first-order valence-corrected chi connectivity index (χ1v) is 6.55. The summed E-state index contributed by atoms with van der Waals surface area (Å²) in [6.45, 7) is 0.0858. The van der Waals surface area contributed by atoms with Crippen molar-refractivity contribution < 1.29 is 4.79 Å². The zero-order valence-electron chi connectivity index (χ0n) is 11.0. The van der Waals surface area contributed by atoms with Gasteiger partial charge in [0.1, 0.15) is 6.54 Å². The van der Waals surface area contributed by atoms with E-state index < -0.39 is 5.91 Å². The minimum absolute atomic E-state index is 0.0596.